The number of halogens is 1. The molecule has 1 aromatic carbocycles. The Hall–Kier alpha value is -2.04. The number of aromatic amines is 1. The summed E-state index contributed by atoms with van der Waals surface area (Å²) in [5.41, 5.74) is 1.55. The van der Waals surface area contributed by atoms with Crippen molar-refractivity contribution in [3.8, 4) is 0 Å². The molecule has 0 amide bonds. The highest BCUT2D eigenvalue weighted by atomic mass is 19.1. The van der Waals surface area contributed by atoms with E-state index in [1.165, 1.54) is 18.5 Å². The molecule has 0 unspecified atom stereocenters. The molecule has 2 aromatic rings. The molecule has 82 valence electrons. The Morgan fingerprint density at radius 3 is 2.94 bits per heavy atom. The van der Waals surface area contributed by atoms with Gasteiger partial charge in [0.1, 0.15) is 12.1 Å². The van der Waals surface area contributed by atoms with E-state index in [1.54, 1.807) is 13.0 Å². The first kappa shape index (κ1) is 10.5. The molecule has 1 N–H and O–H groups in total. The Morgan fingerprint density at radius 1 is 1.50 bits per heavy atom. The maximum absolute atomic E-state index is 12.8. The molecule has 0 aliphatic carbocycles. The number of benzene rings is 1. The Kier molecular flexibility index (Phi) is 2.76. The fourth-order valence-electron chi connectivity index (χ4n) is 1.45. The summed E-state index contributed by atoms with van der Waals surface area (Å²) in [5, 5.41) is 6.11. The molecule has 0 aliphatic heterocycles. The Balaban J connectivity index is 2.18. The monoisotopic (exact) mass is 219 g/mol. The summed E-state index contributed by atoms with van der Waals surface area (Å²) in [6.45, 7) is 1.77. The van der Waals surface area contributed by atoms with E-state index in [4.69, 9.17) is 0 Å². The first-order valence-corrected chi connectivity index (χ1v) is 4.80. The second-order valence-corrected chi connectivity index (χ2v) is 3.50. The lowest BCUT2D eigenvalue weighted by Crippen LogP contribution is -2.07. The van der Waals surface area contributed by atoms with E-state index in [2.05, 4.69) is 15.2 Å². The zero-order valence-corrected chi connectivity index (χ0v) is 8.70. The molecular weight excluding hydrogens is 209 g/mol. The van der Waals surface area contributed by atoms with Crippen molar-refractivity contribution in [1.29, 1.82) is 0 Å². The number of hydrogen-bond acceptors (Lipinski definition) is 3. The third-order valence-corrected chi connectivity index (χ3v) is 2.33. The molecule has 0 aliphatic rings. The molecule has 16 heavy (non-hydrogen) atoms. The van der Waals surface area contributed by atoms with Crippen LogP contribution in [0.5, 0.6) is 0 Å². The maximum atomic E-state index is 12.8. The van der Waals surface area contributed by atoms with Gasteiger partial charge in [-0.05, 0) is 30.2 Å². The van der Waals surface area contributed by atoms with Crippen LogP contribution >= 0.6 is 0 Å². The predicted molar refractivity (Wildman–Crippen MR) is 55.6 cm³/mol. The highest BCUT2D eigenvalue weighted by molar-refractivity contribution is 5.94. The number of nitrogens with zero attached hydrogens (tertiary/aromatic N) is 2. The number of ketones is 1. The second kappa shape index (κ2) is 4.22. The van der Waals surface area contributed by atoms with Crippen LogP contribution in [-0.4, -0.2) is 21.0 Å². The Labute approximate surface area is 91.5 Å². The number of aryl methyl sites for hydroxylation is 1. The normalized spacial score (nSPS) is 10.4. The molecule has 0 spiro atoms. The van der Waals surface area contributed by atoms with Crippen LogP contribution in [0.4, 0.5) is 4.39 Å². The van der Waals surface area contributed by atoms with Gasteiger partial charge in [0.05, 0.1) is 0 Å². The molecule has 4 nitrogen and oxygen atoms in total. The van der Waals surface area contributed by atoms with Gasteiger partial charge in [0, 0.05) is 6.42 Å². The summed E-state index contributed by atoms with van der Waals surface area (Å²) in [5.74, 6) is -0.232. The first-order valence-electron chi connectivity index (χ1n) is 4.80. The van der Waals surface area contributed by atoms with Gasteiger partial charge >= 0.3 is 0 Å². The standard InChI is InChI=1S/C11H10FN3O/c1-7-4-9(12)3-2-8(7)5-10(16)11-13-6-14-15-11/h2-4,6H,5H2,1H3,(H,13,14,15). The predicted octanol–water partition coefficient (Wildman–Crippen LogP) is 1.68. The number of hydrogen-bond donors (Lipinski definition) is 1. The van der Waals surface area contributed by atoms with E-state index in [0.29, 0.717) is 0 Å². The van der Waals surface area contributed by atoms with Crippen LogP contribution < -0.4 is 0 Å². The highest BCUT2D eigenvalue weighted by Crippen LogP contribution is 2.12. The van der Waals surface area contributed by atoms with Gasteiger partial charge in [0.25, 0.3) is 0 Å². The van der Waals surface area contributed by atoms with Crippen LogP contribution in [0.15, 0.2) is 24.5 Å². The van der Waals surface area contributed by atoms with Crippen LogP contribution in [0.1, 0.15) is 21.7 Å². The number of H-pyrrole nitrogens is 1. The van der Waals surface area contributed by atoms with Crippen LogP contribution in [-0.2, 0) is 6.42 Å². The molecule has 0 fully saturated rings. The number of rotatable bonds is 3. The van der Waals surface area contributed by atoms with Gasteiger partial charge in [-0.15, -0.1) is 0 Å². The zero-order chi connectivity index (χ0) is 11.5. The van der Waals surface area contributed by atoms with Crippen molar-refractivity contribution in [3.63, 3.8) is 0 Å². The van der Waals surface area contributed by atoms with Crippen LogP contribution in [0, 0.1) is 12.7 Å². The molecule has 0 saturated heterocycles. The number of Topliss-reactive ketones (excluding diaryl/α,β-unsaturated/α-hetero) is 1. The summed E-state index contributed by atoms with van der Waals surface area (Å²) < 4.78 is 12.8. The summed E-state index contributed by atoms with van der Waals surface area (Å²) in [6, 6.07) is 4.36. The second-order valence-electron chi connectivity index (χ2n) is 3.50. The van der Waals surface area contributed by atoms with Gasteiger partial charge in [0.2, 0.25) is 5.78 Å². The van der Waals surface area contributed by atoms with Gasteiger partial charge in [0.15, 0.2) is 5.82 Å². The molecule has 1 aromatic heterocycles. The molecule has 0 radical (unpaired) electrons. The van der Waals surface area contributed by atoms with Gasteiger partial charge in [-0.25, -0.2) is 9.37 Å². The minimum atomic E-state index is -0.298. The number of carbonyl (C=O) groups is 1. The maximum Gasteiger partial charge on any atom is 0.203 e. The van der Waals surface area contributed by atoms with Crippen molar-refractivity contribution in [2.24, 2.45) is 0 Å². The average Bonchev–Trinajstić information content (AvgIpc) is 2.75. The van der Waals surface area contributed by atoms with Crippen molar-refractivity contribution in [2.75, 3.05) is 0 Å². The van der Waals surface area contributed by atoms with Crippen molar-refractivity contribution < 1.29 is 9.18 Å². The molecular formula is C11H10FN3O. The van der Waals surface area contributed by atoms with E-state index < -0.39 is 0 Å². The number of aromatic nitrogens is 3. The van der Waals surface area contributed by atoms with Crippen LogP contribution in [0.25, 0.3) is 0 Å². The smallest absolute Gasteiger partial charge is 0.203 e. The number of nitrogens with one attached hydrogen (secondary N) is 1. The van der Waals surface area contributed by atoms with Crippen molar-refractivity contribution >= 4 is 5.78 Å². The molecule has 5 heteroatoms. The van der Waals surface area contributed by atoms with Gasteiger partial charge < -0.3 is 0 Å². The van der Waals surface area contributed by atoms with Gasteiger partial charge in [-0.2, -0.15) is 5.10 Å². The summed E-state index contributed by atoms with van der Waals surface area (Å²) >= 11 is 0. The Bertz CT molecular complexity index is 508. The van der Waals surface area contributed by atoms with E-state index in [9.17, 15) is 9.18 Å². The van der Waals surface area contributed by atoms with Crippen molar-refractivity contribution in [2.45, 2.75) is 13.3 Å². The van der Waals surface area contributed by atoms with Gasteiger partial charge in [-0.1, -0.05) is 6.07 Å². The van der Waals surface area contributed by atoms with E-state index in [1.807, 2.05) is 0 Å². The van der Waals surface area contributed by atoms with Crippen molar-refractivity contribution in [3.05, 3.63) is 47.3 Å². The zero-order valence-electron chi connectivity index (χ0n) is 8.70. The minimum Gasteiger partial charge on any atom is -0.290 e. The van der Waals surface area contributed by atoms with E-state index >= 15 is 0 Å². The molecule has 2 rings (SSSR count). The molecule has 1 heterocycles. The number of carbonyl (C=O) groups excluding carboxylic acids is 1. The fourth-order valence-corrected chi connectivity index (χ4v) is 1.45. The summed E-state index contributed by atoms with van der Waals surface area (Å²) in [7, 11) is 0. The SMILES string of the molecule is Cc1cc(F)ccc1CC(=O)c1ncn[nH]1. The largest absolute Gasteiger partial charge is 0.290 e. The van der Waals surface area contributed by atoms with Crippen LogP contribution in [0.2, 0.25) is 0 Å². The van der Waals surface area contributed by atoms with Crippen LogP contribution in [0.3, 0.4) is 0 Å². The lowest BCUT2D eigenvalue weighted by molar-refractivity contribution is 0.0983. The summed E-state index contributed by atoms with van der Waals surface area (Å²) in [4.78, 5) is 15.5. The lowest BCUT2D eigenvalue weighted by atomic mass is 10.0. The minimum absolute atomic E-state index is 0.160. The van der Waals surface area contributed by atoms with E-state index in [0.717, 1.165) is 11.1 Å². The fraction of sp³-hybridized carbons (Fsp3) is 0.182. The topological polar surface area (TPSA) is 58.6 Å². The van der Waals surface area contributed by atoms with Gasteiger partial charge in [-0.3, -0.25) is 9.89 Å². The molecule has 0 atom stereocenters. The molecule has 0 saturated carbocycles. The third kappa shape index (κ3) is 2.13. The van der Waals surface area contributed by atoms with Crippen molar-refractivity contribution in [1.82, 2.24) is 15.2 Å². The highest BCUT2D eigenvalue weighted by Gasteiger charge is 2.11. The Morgan fingerprint density at radius 2 is 2.31 bits per heavy atom. The lowest BCUT2D eigenvalue weighted by Gasteiger charge is -2.03. The molecule has 0 bridgehead atoms. The quantitative estimate of drug-likeness (QED) is 0.799. The third-order valence-electron chi connectivity index (χ3n) is 2.33. The first-order chi connectivity index (χ1) is 7.66. The summed E-state index contributed by atoms with van der Waals surface area (Å²) in [6.07, 6.45) is 1.48. The van der Waals surface area contributed by atoms with E-state index in [-0.39, 0.29) is 23.8 Å². The average molecular weight is 219 g/mol.